The van der Waals surface area contributed by atoms with Crippen LogP contribution >= 0.6 is 11.8 Å². The summed E-state index contributed by atoms with van der Waals surface area (Å²) in [5, 5.41) is 3.25. The van der Waals surface area contributed by atoms with Crippen molar-refractivity contribution in [2.24, 2.45) is 0 Å². The van der Waals surface area contributed by atoms with Crippen molar-refractivity contribution < 1.29 is 18.7 Å². The number of rotatable bonds is 10. The molecule has 9 heteroatoms. The highest BCUT2D eigenvalue weighted by molar-refractivity contribution is 7.98. The fraction of sp³-hybridized carbons (Fsp3) is 0.261. The molecule has 3 aromatic rings. The van der Waals surface area contributed by atoms with E-state index in [-0.39, 0.29) is 23.7 Å². The molecule has 1 aromatic heterocycles. The average Bonchev–Trinajstić information content (AvgIpc) is 2.78. The number of carbonyl (C=O) groups is 1. The van der Waals surface area contributed by atoms with Gasteiger partial charge in [-0.3, -0.25) is 9.59 Å². The van der Waals surface area contributed by atoms with Crippen molar-refractivity contribution in [3.63, 3.8) is 0 Å². The first kappa shape index (κ1) is 23.3. The molecule has 0 unspecified atom stereocenters. The first-order valence-corrected chi connectivity index (χ1v) is 10.9. The Labute approximate surface area is 189 Å². The second-order valence-electron chi connectivity index (χ2n) is 6.92. The SMILES string of the molecule is COc1ccc(CCNC(=O)Cc2cc(=O)[nH]c(SCc3ccc(F)cc3)n2)cc1OC. The monoisotopic (exact) mass is 457 g/mol. The number of methoxy groups -OCH3 is 2. The summed E-state index contributed by atoms with van der Waals surface area (Å²) >= 11 is 1.31. The van der Waals surface area contributed by atoms with E-state index in [0.29, 0.717) is 41.1 Å². The van der Waals surface area contributed by atoms with Crippen LogP contribution in [0.25, 0.3) is 0 Å². The standard InChI is InChI=1S/C23H24FN3O4S/c1-30-19-8-5-15(11-20(19)31-2)9-10-25-21(28)12-18-13-22(29)27-23(26-18)32-14-16-3-6-17(24)7-4-16/h3-8,11,13H,9-10,12,14H2,1-2H3,(H,25,28)(H,26,27,29). The van der Waals surface area contributed by atoms with Gasteiger partial charge in [0.2, 0.25) is 5.91 Å². The molecular weight excluding hydrogens is 433 g/mol. The number of amides is 1. The van der Waals surface area contributed by atoms with E-state index in [2.05, 4.69) is 15.3 Å². The van der Waals surface area contributed by atoms with Gasteiger partial charge in [0, 0.05) is 18.4 Å². The van der Waals surface area contributed by atoms with Gasteiger partial charge in [0.1, 0.15) is 5.82 Å². The Bertz CT molecular complexity index is 1120. The largest absolute Gasteiger partial charge is 0.493 e. The van der Waals surface area contributed by atoms with Gasteiger partial charge >= 0.3 is 0 Å². The minimum atomic E-state index is -0.324. The van der Waals surface area contributed by atoms with Crippen LogP contribution in [-0.4, -0.2) is 36.6 Å². The maximum atomic E-state index is 13.0. The van der Waals surface area contributed by atoms with E-state index in [0.717, 1.165) is 11.1 Å². The van der Waals surface area contributed by atoms with Gasteiger partial charge in [-0.2, -0.15) is 0 Å². The zero-order chi connectivity index (χ0) is 22.9. The molecule has 1 heterocycles. The van der Waals surface area contributed by atoms with Gasteiger partial charge in [-0.15, -0.1) is 0 Å². The summed E-state index contributed by atoms with van der Waals surface area (Å²) in [6, 6.07) is 13.0. The lowest BCUT2D eigenvalue weighted by Crippen LogP contribution is -2.28. The number of nitrogens with one attached hydrogen (secondary N) is 2. The van der Waals surface area contributed by atoms with E-state index in [1.807, 2.05) is 18.2 Å². The second kappa shape index (κ2) is 11.3. The Kier molecular flexibility index (Phi) is 8.27. The summed E-state index contributed by atoms with van der Waals surface area (Å²) < 4.78 is 23.5. The molecule has 32 heavy (non-hydrogen) atoms. The molecule has 168 valence electrons. The van der Waals surface area contributed by atoms with E-state index in [9.17, 15) is 14.0 Å². The number of thioether (sulfide) groups is 1. The van der Waals surface area contributed by atoms with Crippen molar-refractivity contribution in [2.45, 2.75) is 23.8 Å². The highest BCUT2D eigenvalue weighted by Crippen LogP contribution is 2.27. The molecule has 0 fully saturated rings. The molecule has 0 saturated carbocycles. The lowest BCUT2D eigenvalue weighted by molar-refractivity contribution is -0.120. The Balaban J connectivity index is 1.52. The molecule has 0 aliphatic heterocycles. The molecule has 0 aliphatic rings. The van der Waals surface area contributed by atoms with Crippen LogP contribution in [-0.2, 0) is 23.4 Å². The van der Waals surface area contributed by atoms with Gasteiger partial charge in [0.15, 0.2) is 16.7 Å². The predicted octanol–water partition coefficient (Wildman–Crippen LogP) is 3.12. The smallest absolute Gasteiger partial charge is 0.251 e. The van der Waals surface area contributed by atoms with Crippen molar-refractivity contribution in [3.05, 3.63) is 81.5 Å². The van der Waals surface area contributed by atoms with Crippen LogP contribution < -0.4 is 20.3 Å². The molecule has 0 saturated heterocycles. The minimum absolute atomic E-state index is 0.0000378. The van der Waals surface area contributed by atoms with E-state index < -0.39 is 0 Å². The first-order chi connectivity index (χ1) is 15.5. The summed E-state index contributed by atoms with van der Waals surface area (Å²) in [6.45, 7) is 0.434. The summed E-state index contributed by atoms with van der Waals surface area (Å²) in [5.41, 5.74) is 1.96. The number of nitrogens with zero attached hydrogens (tertiary/aromatic N) is 1. The van der Waals surface area contributed by atoms with Crippen molar-refractivity contribution >= 4 is 17.7 Å². The van der Waals surface area contributed by atoms with E-state index >= 15 is 0 Å². The Hall–Kier alpha value is -3.33. The molecule has 2 N–H and O–H groups in total. The molecule has 0 atom stereocenters. The van der Waals surface area contributed by atoms with Gasteiger partial charge in [-0.1, -0.05) is 30.0 Å². The van der Waals surface area contributed by atoms with Gasteiger partial charge < -0.3 is 19.8 Å². The van der Waals surface area contributed by atoms with E-state index in [1.54, 1.807) is 26.4 Å². The minimum Gasteiger partial charge on any atom is -0.493 e. The van der Waals surface area contributed by atoms with Crippen LogP contribution in [0.3, 0.4) is 0 Å². The number of hydrogen-bond acceptors (Lipinski definition) is 6. The maximum absolute atomic E-state index is 13.0. The lowest BCUT2D eigenvalue weighted by Gasteiger charge is -2.10. The van der Waals surface area contributed by atoms with Crippen LogP contribution in [0.4, 0.5) is 4.39 Å². The second-order valence-corrected chi connectivity index (χ2v) is 7.89. The first-order valence-electron chi connectivity index (χ1n) is 9.92. The number of aromatic nitrogens is 2. The number of aromatic amines is 1. The highest BCUT2D eigenvalue weighted by Gasteiger charge is 2.09. The van der Waals surface area contributed by atoms with Gasteiger partial charge in [0.25, 0.3) is 5.56 Å². The van der Waals surface area contributed by atoms with Crippen molar-refractivity contribution in [2.75, 3.05) is 20.8 Å². The van der Waals surface area contributed by atoms with E-state index in [1.165, 1.54) is 30.0 Å². The normalized spacial score (nSPS) is 10.6. The number of halogens is 1. The molecule has 2 aromatic carbocycles. The molecule has 0 bridgehead atoms. The number of hydrogen-bond donors (Lipinski definition) is 2. The van der Waals surface area contributed by atoms with Crippen molar-refractivity contribution in [3.8, 4) is 11.5 Å². The van der Waals surface area contributed by atoms with Gasteiger partial charge in [-0.05, 0) is 41.8 Å². The van der Waals surface area contributed by atoms with Crippen molar-refractivity contribution in [1.82, 2.24) is 15.3 Å². The number of H-pyrrole nitrogens is 1. The highest BCUT2D eigenvalue weighted by atomic mass is 32.2. The number of carbonyl (C=O) groups excluding carboxylic acids is 1. The zero-order valence-corrected chi connectivity index (χ0v) is 18.6. The fourth-order valence-corrected chi connectivity index (χ4v) is 3.83. The van der Waals surface area contributed by atoms with Crippen molar-refractivity contribution in [1.29, 1.82) is 0 Å². The summed E-state index contributed by atoms with van der Waals surface area (Å²) in [4.78, 5) is 31.3. The molecule has 0 aliphatic carbocycles. The lowest BCUT2D eigenvalue weighted by atomic mass is 10.1. The summed E-state index contributed by atoms with van der Waals surface area (Å²) in [7, 11) is 3.15. The molecule has 0 radical (unpaired) electrons. The van der Waals surface area contributed by atoms with Crippen LogP contribution in [0.5, 0.6) is 11.5 Å². The third-order valence-electron chi connectivity index (χ3n) is 4.59. The third kappa shape index (κ3) is 6.84. The van der Waals surface area contributed by atoms with Crippen LogP contribution in [0, 0.1) is 5.82 Å². The number of benzene rings is 2. The summed E-state index contributed by atoms with van der Waals surface area (Å²) in [6.07, 6.45) is 0.619. The molecule has 1 amide bonds. The third-order valence-corrected chi connectivity index (χ3v) is 5.53. The number of ether oxygens (including phenoxy) is 2. The molecule has 7 nitrogen and oxygen atoms in total. The summed E-state index contributed by atoms with van der Waals surface area (Å²) in [5.74, 6) is 1.27. The van der Waals surface area contributed by atoms with E-state index in [4.69, 9.17) is 9.47 Å². The maximum Gasteiger partial charge on any atom is 0.251 e. The quantitative estimate of drug-likeness (QED) is 0.359. The molecule has 3 rings (SSSR count). The van der Waals surface area contributed by atoms with Crippen LogP contribution in [0.15, 0.2) is 58.5 Å². The molecule has 0 spiro atoms. The zero-order valence-electron chi connectivity index (χ0n) is 17.8. The Morgan fingerprint density at radius 2 is 1.78 bits per heavy atom. The predicted molar refractivity (Wildman–Crippen MR) is 121 cm³/mol. The fourth-order valence-electron chi connectivity index (χ4n) is 2.98. The van der Waals surface area contributed by atoms with Gasteiger partial charge in [-0.25, -0.2) is 9.37 Å². The topological polar surface area (TPSA) is 93.3 Å². The average molecular weight is 458 g/mol. The Morgan fingerprint density at radius 3 is 2.50 bits per heavy atom. The van der Waals surface area contributed by atoms with Crippen LogP contribution in [0.1, 0.15) is 16.8 Å². The molecular formula is C23H24FN3O4S. The van der Waals surface area contributed by atoms with Gasteiger partial charge in [0.05, 0.1) is 26.3 Å². The Morgan fingerprint density at radius 1 is 1.06 bits per heavy atom. The van der Waals surface area contributed by atoms with Crippen LogP contribution in [0.2, 0.25) is 0 Å².